The van der Waals surface area contributed by atoms with Crippen LogP contribution in [-0.2, 0) is 0 Å². The molecule has 0 atom stereocenters. The molecule has 20 heavy (non-hydrogen) atoms. The van der Waals surface area contributed by atoms with Crippen LogP contribution < -0.4 is 15.4 Å². The molecule has 6 heteroatoms. The average molecular weight is 409 g/mol. The number of benzene rings is 1. The van der Waals surface area contributed by atoms with Gasteiger partial charge in [-0.1, -0.05) is 18.2 Å². The van der Waals surface area contributed by atoms with Gasteiger partial charge in [-0.2, -0.15) is 11.8 Å². The third kappa shape index (κ3) is 9.30. The van der Waals surface area contributed by atoms with E-state index in [1.165, 1.54) is 5.75 Å². The van der Waals surface area contributed by atoms with Crippen LogP contribution in [0.25, 0.3) is 0 Å². The molecule has 0 amide bonds. The second-order valence-electron chi connectivity index (χ2n) is 3.93. The number of rotatable bonds is 8. The molecule has 0 unspecified atom stereocenters. The average Bonchev–Trinajstić information content (AvgIpc) is 2.46. The van der Waals surface area contributed by atoms with Crippen molar-refractivity contribution in [3.63, 3.8) is 0 Å². The maximum atomic E-state index is 5.60. The second-order valence-corrected chi connectivity index (χ2v) is 4.92. The number of hydrogen-bond donors (Lipinski definition) is 2. The van der Waals surface area contributed by atoms with Gasteiger partial charge in [-0.3, -0.25) is 4.99 Å². The van der Waals surface area contributed by atoms with Crippen LogP contribution in [0, 0.1) is 0 Å². The van der Waals surface area contributed by atoms with Gasteiger partial charge in [0.15, 0.2) is 5.96 Å². The monoisotopic (exact) mass is 409 g/mol. The summed E-state index contributed by atoms with van der Waals surface area (Å²) in [5, 5.41) is 6.50. The van der Waals surface area contributed by atoms with E-state index in [1.807, 2.05) is 42.1 Å². The molecule has 0 aromatic heterocycles. The summed E-state index contributed by atoms with van der Waals surface area (Å²) in [6, 6.07) is 9.82. The number of aliphatic imine (C=N–C) groups is 1. The van der Waals surface area contributed by atoms with Crippen LogP contribution in [0.5, 0.6) is 5.75 Å². The minimum atomic E-state index is 0. The van der Waals surface area contributed by atoms with Crippen LogP contribution in [0.3, 0.4) is 0 Å². The van der Waals surface area contributed by atoms with Gasteiger partial charge in [-0.15, -0.1) is 24.0 Å². The summed E-state index contributed by atoms with van der Waals surface area (Å²) in [4.78, 5) is 4.16. The molecule has 0 saturated carbocycles. The molecular weight excluding hydrogens is 385 g/mol. The predicted molar refractivity (Wildman–Crippen MR) is 99.7 cm³/mol. The highest BCUT2D eigenvalue weighted by Crippen LogP contribution is 2.07. The summed E-state index contributed by atoms with van der Waals surface area (Å²) >= 11 is 1.86. The molecule has 0 spiro atoms. The van der Waals surface area contributed by atoms with Crippen LogP contribution in [0.2, 0.25) is 0 Å². The van der Waals surface area contributed by atoms with Gasteiger partial charge in [0.05, 0.1) is 6.54 Å². The van der Waals surface area contributed by atoms with Crippen LogP contribution in [0.15, 0.2) is 35.3 Å². The highest BCUT2D eigenvalue weighted by Gasteiger charge is 1.96. The van der Waals surface area contributed by atoms with Gasteiger partial charge in [0.1, 0.15) is 12.4 Å². The Labute approximate surface area is 143 Å². The molecule has 1 aromatic carbocycles. The topological polar surface area (TPSA) is 45.7 Å². The van der Waals surface area contributed by atoms with E-state index in [0.717, 1.165) is 31.2 Å². The van der Waals surface area contributed by atoms with Crippen molar-refractivity contribution in [2.75, 3.05) is 38.8 Å². The van der Waals surface area contributed by atoms with Crippen LogP contribution in [0.1, 0.15) is 6.42 Å². The summed E-state index contributed by atoms with van der Waals surface area (Å²) in [6.07, 6.45) is 3.26. The van der Waals surface area contributed by atoms with Crippen molar-refractivity contribution in [3.8, 4) is 5.75 Å². The Morgan fingerprint density at radius 2 is 1.90 bits per heavy atom. The molecular formula is C14H24IN3OS. The van der Waals surface area contributed by atoms with Gasteiger partial charge in [0.25, 0.3) is 0 Å². The van der Waals surface area contributed by atoms with E-state index in [4.69, 9.17) is 4.74 Å². The van der Waals surface area contributed by atoms with Crippen molar-refractivity contribution in [1.82, 2.24) is 10.6 Å². The molecule has 114 valence electrons. The number of halogens is 1. The molecule has 0 heterocycles. The first-order chi connectivity index (χ1) is 9.36. The third-order valence-electron chi connectivity index (χ3n) is 2.45. The van der Waals surface area contributed by atoms with Crippen LogP contribution >= 0.6 is 35.7 Å². The summed E-state index contributed by atoms with van der Waals surface area (Å²) in [7, 11) is 1.78. The molecule has 0 fully saturated rings. The Morgan fingerprint density at radius 3 is 2.55 bits per heavy atom. The Morgan fingerprint density at radius 1 is 1.20 bits per heavy atom. The van der Waals surface area contributed by atoms with Crippen LogP contribution in [-0.4, -0.2) is 44.7 Å². The highest BCUT2D eigenvalue weighted by atomic mass is 127. The minimum absolute atomic E-state index is 0. The van der Waals surface area contributed by atoms with Gasteiger partial charge in [-0.05, 0) is 30.6 Å². The molecule has 1 rings (SSSR count). The fourth-order valence-electron chi connectivity index (χ4n) is 1.50. The molecule has 0 radical (unpaired) electrons. The zero-order chi connectivity index (χ0) is 13.8. The smallest absolute Gasteiger partial charge is 0.191 e. The highest BCUT2D eigenvalue weighted by molar-refractivity contribution is 14.0. The van der Waals surface area contributed by atoms with Crippen molar-refractivity contribution in [1.29, 1.82) is 0 Å². The lowest BCUT2D eigenvalue weighted by Gasteiger charge is -2.12. The van der Waals surface area contributed by atoms with Gasteiger partial charge < -0.3 is 15.4 Å². The lowest BCUT2D eigenvalue weighted by atomic mass is 10.3. The zero-order valence-corrected chi connectivity index (χ0v) is 15.2. The van der Waals surface area contributed by atoms with Crippen molar-refractivity contribution in [3.05, 3.63) is 30.3 Å². The van der Waals surface area contributed by atoms with Crippen molar-refractivity contribution in [2.24, 2.45) is 4.99 Å². The Hall–Kier alpha value is -0.630. The molecule has 0 saturated heterocycles. The van der Waals surface area contributed by atoms with Crippen LogP contribution in [0.4, 0.5) is 0 Å². The van der Waals surface area contributed by atoms with E-state index in [0.29, 0.717) is 6.61 Å². The molecule has 2 N–H and O–H groups in total. The van der Waals surface area contributed by atoms with E-state index in [1.54, 1.807) is 7.05 Å². The molecule has 0 aliphatic carbocycles. The fraction of sp³-hybridized carbons (Fsp3) is 0.500. The van der Waals surface area contributed by atoms with E-state index >= 15 is 0 Å². The maximum Gasteiger partial charge on any atom is 0.191 e. The number of hydrogen-bond acceptors (Lipinski definition) is 3. The lowest BCUT2D eigenvalue weighted by molar-refractivity contribution is 0.322. The van der Waals surface area contributed by atoms with Crippen molar-refractivity contribution < 1.29 is 4.74 Å². The minimum Gasteiger partial charge on any atom is -0.492 e. The van der Waals surface area contributed by atoms with Crippen molar-refractivity contribution in [2.45, 2.75) is 6.42 Å². The van der Waals surface area contributed by atoms with E-state index < -0.39 is 0 Å². The summed E-state index contributed by atoms with van der Waals surface area (Å²) in [6.45, 7) is 2.30. The van der Waals surface area contributed by atoms with Gasteiger partial charge in [0, 0.05) is 13.6 Å². The molecule has 0 aliphatic rings. The number of guanidine groups is 1. The zero-order valence-electron chi connectivity index (χ0n) is 12.1. The molecule has 4 nitrogen and oxygen atoms in total. The first-order valence-corrected chi connectivity index (χ1v) is 7.87. The third-order valence-corrected chi connectivity index (χ3v) is 3.14. The lowest BCUT2D eigenvalue weighted by Crippen LogP contribution is -2.39. The molecule has 0 aliphatic heterocycles. The largest absolute Gasteiger partial charge is 0.492 e. The summed E-state index contributed by atoms with van der Waals surface area (Å²) < 4.78 is 5.60. The summed E-state index contributed by atoms with van der Waals surface area (Å²) in [5.41, 5.74) is 0. The fourth-order valence-corrected chi connectivity index (χ4v) is 1.93. The summed E-state index contributed by atoms with van der Waals surface area (Å²) in [5.74, 6) is 2.89. The Bertz CT molecular complexity index is 363. The van der Waals surface area contributed by atoms with Gasteiger partial charge in [0.2, 0.25) is 0 Å². The quantitative estimate of drug-likeness (QED) is 0.300. The maximum absolute atomic E-state index is 5.60. The SMILES string of the molecule is CN=C(NCCCSC)NCCOc1ccccc1.I. The van der Waals surface area contributed by atoms with E-state index in [9.17, 15) is 0 Å². The second kappa shape index (κ2) is 13.4. The van der Waals surface area contributed by atoms with Gasteiger partial charge in [-0.25, -0.2) is 0 Å². The standard InChI is InChI=1S/C14H23N3OS.HI/c1-15-14(16-9-6-12-19-2)17-10-11-18-13-7-4-3-5-8-13;/h3-5,7-8H,6,9-12H2,1-2H3,(H2,15,16,17);1H. The van der Waals surface area contributed by atoms with Gasteiger partial charge >= 0.3 is 0 Å². The van der Waals surface area contributed by atoms with Crippen molar-refractivity contribution >= 4 is 41.7 Å². The Balaban J connectivity index is 0.00000361. The number of nitrogens with one attached hydrogen (secondary N) is 2. The first-order valence-electron chi connectivity index (χ1n) is 6.48. The van der Waals surface area contributed by atoms with E-state index in [-0.39, 0.29) is 24.0 Å². The number of ether oxygens (including phenoxy) is 1. The number of para-hydroxylation sites is 1. The Kier molecular flexibility index (Phi) is 12.9. The van der Waals surface area contributed by atoms with E-state index in [2.05, 4.69) is 21.9 Å². The number of nitrogens with zero attached hydrogens (tertiary/aromatic N) is 1. The predicted octanol–water partition coefficient (Wildman–Crippen LogP) is 2.60. The molecule has 0 bridgehead atoms. The first kappa shape index (κ1) is 19.4. The number of thioether (sulfide) groups is 1. The molecule has 1 aromatic rings. The normalized spacial score (nSPS) is 10.6.